The van der Waals surface area contributed by atoms with E-state index in [9.17, 15) is 0 Å². The van der Waals surface area contributed by atoms with Crippen LogP contribution in [0.5, 0.6) is 0 Å². The molecule has 0 radical (unpaired) electrons. The van der Waals surface area contributed by atoms with Gasteiger partial charge in [-0.1, -0.05) is 26.2 Å². The van der Waals surface area contributed by atoms with Gasteiger partial charge in [0, 0.05) is 11.9 Å². The first-order valence-corrected chi connectivity index (χ1v) is 5.85. The molecular formula is C13H19N. The van der Waals surface area contributed by atoms with Gasteiger partial charge in [-0.2, -0.15) is 0 Å². The SMILES string of the molecule is CCc1cc(C2CCCCC2)ccn1. The predicted octanol–water partition coefficient (Wildman–Crippen LogP) is 3.69. The molecule has 1 heterocycles. The Hall–Kier alpha value is -0.850. The van der Waals surface area contributed by atoms with Gasteiger partial charge in [-0.05, 0) is 42.9 Å². The fourth-order valence-corrected chi connectivity index (χ4v) is 2.38. The Balaban J connectivity index is 2.13. The highest BCUT2D eigenvalue weighted by Crippen LogP contribution is 2.32. The monoisotopic (exact) mass is 189 g/mol. The molecule has 1 saturated carbocycles. The molecule has 2 rings (SSSR count). The number of rotatable bonds is 2. The van der Waals surface area contributed by atoms with E-state index in [1.807, 2.05) is 6.20 Å². The molecule has 1 aromatic rings. The minimum absolute atomic E-state index is 0.817. The summed E-state index contributed by atoms with van der Waals surface area (Å²) >= 11 is 0. The van der Waals surface area contributed by atoms with Crippen molar-refractivity contribution < 1.29 is 0 Å². The average Bonchev–Trinajstić information content (AvgIpc) is 2.30. The van der Waals surface area contributed by atoms with Crippen molar-refractivity contribution >= 4 is 0 Å². The quantitative estimate of drug-likeness (QED) is 0.691. The lowest BCUT2D eigenvalue weighted by Crippen LogP contribution is -2.05. The number of aromatic nitrogens is 1. The van der Waals surface area contributed by atoms with E-state index >= 15 is 0 Å². The molecule has 0 aromatic carbocycles. The molecule has 1 aromatic heterocycles. The summed E-state index contributed by atoms with van der Waals surface area (Å²) in [6, 6.07) is 4.51. The lowest BCUT2D eigenvalue weighted by Gasteiger charge is -2.22. The normalized spacial score (nSPS) is 18.4. The van der Waals surface area contributed by atoms with Gasteiger partial charge in [0.05, 0.1) is 0 Å². The molecule has 1 aliphatic rings. The van der Waals surface area contributed by atoms with E-state index in [-0.39, 0.29) is 0 Å². The van der Waals surface area contributed by atoms with Crippen LogP contribution in [0.25, 0.3) is 0 Å². The highest BCUT2D eigenvalue weighted by Gasteiger charge is 2.15. The van der Waals surface area contributed by atoms with Crippen LogP contribution in [0.15, 0.2) is 18.3 Å². The maximum Gasteiger partial charge on any atom is 0.0403 e. The summed E-state index contributed by atoms with van der Waals surface area (Å²) < 4.78 is 0. The Kier molecular flexibility index (Phi) is 3.18. The predicted molar refractivity (Wildman–Crippen MR) is 59.4 cm³/mol. The highest BCUT2D eigenvalue weighted by molar-refractivity contribution is 5.21. The van der Waals surface area contributed by atoms with Gasteiger partial charge >= 0.3 is 0 Å². The Labute approximate surface area is 86.6 Å². The molecule has 0 saturated heterocycles. The number of hydrogen-bond acceptors (Lipinski definition) is 1. The van der Waals surface area contributed by atoms with Crippen LogP contribution in [0.3, 0.4) is 0 Å². The van der Waals surface area contributed by atoms with Gasteiger partial charge in [0.25, 0.3) is 0 Å². The number of aryl methyl sites for hydroxylation is 1. The highest BCUT2D eigenvalue weighted by atomic mass is 14.7. The van der Waals surface area contributed by atoms with Crippen LogP contribution in [-0.2, 0) is 6.42 Å². The summed E-state index contributed by atoms with van der Waals surface area (Å²) in [6.45, 7) is 2.17. The van der Waals surface area contributed by atoms with E-state index in [0.29, 0.717) is 0 Å². The largest absolute Gasteiger partial charge is 0.261 e. The zero-order valence-corrected chi connectivity index (χ0v) is 9.00. The Morgan fingerprint density at radius 2 is 2.07 bits per heavy atom. The molecule has 0 aliphatic heterocycles. The fourth-order valence-electron chi connectivity index (χ4n) is 2.38. The van der Waals surface area contributed by atoms with E-state index in [2.05, 4.69) is 24.0 Å². The van der Waals surface area contributed by atoms with Crippen molar-refractivity contribution in [2.24, 2.45) is 0 Å². The maximum atomic E-state index is 4.35. The first kappa shape index (κ1) is 9.70. The Morgan fingerprint density at radius 1 is 1.29 bits per heavy atom. The van der Waals surface area contributed by atoms with Crippen molar-refractivity contribution in [3.63, 3.8) is 0 Å². The Morgan fingerprint density at radius 3 is 2.79 bits per heavy atom. The molecule has 0 unspecified atom stereocenters. The first-order chi connectivity index (χ1) is 6.90. The van der Waals surface area contributed by atoms with Gasteiger partial charge < -0.3 is 0 Å². The van der Waals surface area contributed by atoms with Crippen LogP contribution < -0.4 is 0 Å². The molecule has 0 atom stereocenters. The lowest BCUT2D eigenvalue weighted by atomic mass is 9.84. The second-order valence-electron chi connectivity index (χ2n) is 4.27. The lowest BCUT2D eigenvalue weighted by molar-refractivity contribution is 0.443. The van der Waals surface area contributed by atoms with Crippen LogP contribution in [0.4, 0.5) is 0 Å². The minimum atomic E-state index is 0.817. The molecule has 1 aliphatic carbocycles. The van der Waals surface area contributed by atoms with Gasteiger partial charge in [-0.3, -0.25) is 4.98 Å². The van der Waals surface area contributed by atoms with Crippen LogP contribution in [0.1, 0.15) is 56.2 Å². The third-order valence-electron chi connectivity index (χ3n) is 3.28. The molecule has 0 bridgehead atoms. The van der Waals surface area contributed by atoms with Crippen LogP contribution in [0.2, 0.25) is 0 Å². The van der Waals surface area contributed by atoms with E-state index in [0.717, 1.165) is 12.3 Å². The van der Waals surface area contributed by atoms with Crippen LogP contribution in [0, 0.1) is 0 Å². The Bertz CT molecular complexity index is 287. The molecule has 0 amide bonds. The van der Waals surface area contributed by atoms with Gasteiger partial charge in [-0.25, -0.2) is 0 Å². The molecule has 0 N–H and O–H groups in total. The number of hydrogen-bond donors (Lipinski definition) is 0. The van der Waals surface area contributed by atoms with E-state index in [1.165, 1.54) is 43.4 Å². The number of pyridine rings is 1. The molecule has 14 heavy (non-hydrogen) atoms. The summed E-state index contributed by atoms with van der Waals surface area (Å²) in [5.74, 6) is 0.817. The molecule has 1 heteroatoms. The fraction of sp³-hybridized carbons (Fsp3) is 0.615. The van der Waals surface area contributed by atoms with E-state index in [4.69, 9.17) is 0 Å². The second kappa shape index (κ2) is 4.59. The van der Waals surface area contributed by atoms with Crippen LogP contribution in [-0.4, -0.2) is 4.98 Å². The molecular weight excluding hydrogens is 170 g/mol. The van der Waals surface area contributed by atoms with E-state index < -0.39 is 0 Å². The zero-order chi connectivity index (χ0) is 9.80. The van der Waals surface area contributed by atoms with Crippen molar-refractivity contribution in [3.05, 3.63) is 29.6 Å². The van der Waals surface area contributed by atoms with Crippen molar-refractivity contribution in [2.75, 3.05) is 0 Å². The second-order valence-corrected chi connectivity index (χ2v) is 4.27. The van der Waals surface area contributed by atoms with E-state index in [1.54, 1.807) is 0 Å². The minimum Gasteiger partial charge on any atom is -0.261 e. The standard InChI is InChI=1S/C13H19N/c1-2-13-10-12(8-9-14-13)11-6-4-3-5-7-11/h8-11H,2-7H2,1H3. The smallest absolute Gasteiger partial charge is 0.0403 e. The third-order valence-corrected chi connectivity index (χ3v) is 3.28. The van der Waals surface area contributed by atoms with Crippen molar-refractivity contribution in [1.82, 2.24) is 4.98 Å². The van der Waals surface area contributed by atoms with Crippen LogP contribution >= 0.6 is 0 Å². The third kappa shape index (κ3) is 2.14. The van der Waals surface area contributed by atoms with Crippen molar-refractivity contribution in [2.45, 2.75) is 51.4 Å². The first-order valence-electron chi connectivity index (χ1n) is 5.85. The summed E-state index contributed by atoms with van der Waals surface area (Å²) in [4.78, 5) is 4.35. The summed E-state index contributed by atoms with van der Waals surface area (Å²) in [5, 5.41) is 0. The summed E-state index contributed by atoms with van der Waals surface area (Å²) in [7, 11) is 0. The maximum absolute atomic E-state index is 4.35. The van der Waals surface area contributed by atoms with Gasteiger partial charge in [0.1, 0.15) is 0 Å². The van der Waals surface area contributed by atoms with Gasteiger partial charge in [0.2, 0.25) is 0 Å². The summed E-state index contributed by atoms with van der Waals surface area (Å²) in [6.07, 6.45) is 10.1. The molecule has 1 nitrogen and oxygen atoms in total. The molecule has 76 valence electrons. The topological polar surface area (TPSA) is 12.9 Å². The van der Waals surface area contributed by atoms with Crippen molar-refractivity contribution in [3.8, 4) is 0 Å². The van der Waals surface area contributed by atoms with Gasteiger partial charge in [-0.15, -0.1) is 0 Å². The number of nitrogens with zero attached hydrogens (tertiary/aromatic N) is 1. The zero-order valence-electron chi connectivity index (χ0n) is 9.00. The van der Waals surface area contributed by atoms with Gasteiger partial charge in [0.15, 0.2) is 0 Å². The summed E-state index contributed by atoms with van der Waals surface area (Å²) in [5.41, 5.74) is 2.77. The molecule has 0 spiro atoms. The average molecular weight is 189 g/mol. The molecule has 1 fully saturated rings. The van der Waals surface area contributed by atoms with Crippen molar-refractivity contribution in [1.29, 1.82) is 0 Å².